The summed E-state index contributed by atoms with van der Waals surface area (Å²) in [4.78, 5) is 14.0. The van der Waals surface area contributed by atoms with Crippen molar-refractivity contribution in [2.24, 2.45) is 11.1 Å². The monoisotopic (exact) mass is 252 g/mol. The van der Waals surface area contributed by atoms with Crippen LogP contribution in [0.5, 0.6) is 0 Å². The minimum absolute atomic E-state index is 0.0842. The number of nitrogens with two attached hydrogens (primary N) is 1. The number of hydrogen-bond donors (Lipinski definition) is 1. The molecule has 0 aromatic heterocycles. The van der Waals surface area contributed by atoms with Crippen molar-refractivity contribution in [1.82, 2.24) is 4.90 Å². The lowest BCUT2D eigenvalue weighted by atomic mass is 9.93. The third kappa shape index (κ3) is 3.81. The van der Waals surface area contributed by atoms with E-state index >= 15 is 0 Å². The Hall–Kier alpha value is -1.42. The molecule has 1 amide bonds. The molecule has 2 N–H and O–H groups in total. The molecule has 4 heteroatoms. The molecule has 0 aliphatic heterocycles. The first-order chi connectivity index (χ1) is 8.39. The molecule has 3 nitrogen and oxygen atoms in total. The van der Waals surface area contributed by atoms with Gasteiger partial charge >= 0.3 is 0 Å². The Balaban J connectivity index is 2.82. The van der Waals surface area contributed by atoms with Gasteiger partial charge in [-0.25, -0.2) is 4.39 Å². The van der Waals surface area contributed by atoms with Crippen LogP contribution >= 0.6 is 0 Å². The predicted molar refractivity (Wildman–Crippen MR) is 70.8 cm³/mol. The van der Waals surface area contributed by atoms with Gasteiger partial charge in [-0.1, -0.05) is 13.8 Å². The van der Waals surface area contributed by atoms with Crippen LogP contribution in [0.15, 0.2) is 24.3 Å². The third-order valence-corrected chi connectivity index (χ3v) is 2.93. The Morgan fingerprint density at radius 3 is 2.33 bits per heavy atom. The smallest absolute Gasteiger partial charge is 0.253 e. The highest BCUT2D eigenvalue weighted by Crippen LogP contribution is 2.17. The average Bonchev–Trinajstić information content (AvgIpc) is 2.36. The van der Waals surface area contributed by atoms with Crippen LogP contribution in [0.3, 0.4) is 0 Å². The highest BCUT2D eigenvalue weighted by Gasteiger charge is 2.23. The van der Waals surface area contributed by atoms with Crippen molar-refractivity contribution in [3.63, 3.8) is 0 Å². The second-order valence-electron chi connectivity index (χ2n) is 5.19. The molecule has 18 heavy (non-hydrogen) atoms. The van der Waals surface area contributed by atoms with Gasteiger partial charge in [0.25, 0.3) is 5.91 Å². The van der Waals surface area contributed by atoms with E-state index in [1.54, 1.807) is 4.90 Å². The summed E-state index contributed by atoms with van der Waals surface area (Å²) in [5, 5.41) is 0. The quantitative estimate of drug-likeness (QED) is 0.873. The van der Waals surface area contributed by atoms with Gasteiger partial charge in [0.05, 0.1) is 0 Å². The Labute approximate surface area is 108 Å². The van der Waals surface area contributed by atoms with Crippen LogP contribution in [-0.2, 0) is 0 Å². The normalized spacial score (nSPS) is 11.4. The molecule has 1 rings (SSSR count). The Bertz CT molecular complexity index is 401. The largest absolute Gasteiger partial charge is 0.338 e. The third-order valence-electron chi connectivity index (χ3n) is 2.93. The highest BCUT2D eigenvalue weighted by molar-refractivity contribution is 5.94. The maximum absolute atomic E-state index is 12.8. The summed E-state index contributed by atoms with van der Waals surface area (Å²) in [7, 11) is 0. The number of nitrogens with zero attached hydrogens (tertiary/aromatic N) is 1. The van der Waals surface area contributed by atoms with E-state index in [9.17, 15) is 9.18 Å². The fraction of sp³-hybridized carbons (Fsp3) is 0.500. The van der Waals surface area contributed by atoms with Crippen molar-refractivity contribution in [3.05, 3.63) is 35.6 Å². The molecule has 0 aliphatic carbocycles. The van der Waals surface area contributed by atoms with Crippen molar-refractivity contribution < 1.29 is 9.18 Å². The van der Waals surface area contributed by atoms with E-state index in [1.807, 2.05) is 20.8 Å². The SMILES string of the molecule is CCN(CC(C)(C)CN)C(=O)c1ccc(F)cc1. The fourth-order valence-corrected chi connectivity index (χ4v) is 1.68. The van der Waals surface area contributed by atoms with Gasteiger partial charge in [-0.05, 0) is 43.1 Å². The zero-order chi connectivity index (χ0) is 13.8. The number of amides is 1. The zero-order valence-corrected chi connectivity index (χ0v) is 11.2. The van der Waals surface area contributed by atoms with Gasteiger partial charge in [0.1, 0.15) is 5.82 Å². The Morgan fingerprint density at radius 2 is 1.89 bits per heavy atom. The number of carbonyl (C=O) groups excluding carboxylic acids is 1. The summed E-state index contributed by atoms with van der Waals surface area (Å²) in [5.74, 6) is -0.420. The summed E-state index contributed by atoms with van der Waals surface area (Å²) in [6, 6.07) is 5.62. The summed E-state index contributed by atoms with van der Waals surface area (Å²) >= 11 is 0. The van der Waals surface area contributed by atoms with Crippen LogP contribution in [0.4, 0.5) is 4.39 Å². The summed E-state index contributed by atoms with van der Waals surface area (Å²) < 4.78 is 12.8. The van der Waals surface area contributed by atoms with Gasteiger partial charge in [-0.3, -0.25) is 4.79 Å². The molecule has 100 valence electrons. The first kappa shape index (κ1) is 14.6. The molecule has 0 spiro atoms. The molecule has 1 aromatic rings. The molecular weight excluding hydrogens is 231 g/mol. The maximum Gasteiger partial charge on any atom is 0.253 e. The number of benzene rings is 1. The molecular formula is C14H21FN2O. The van der Waals surface area contributed by atoms with Gasteiger partial charge in [0, 0.05) is 18.7 Å². The van der Waals surface area contributed by atoms with E-state index in [4.69, 9.17) is 5.73 Å². The molecule has 0 atom stereocenters. The number of halogens is 1. The lowest BCUT2D eigenvalue weighted by Gasteiger charge is -2.31. The molecule has 1 aromatic carbocycles. The van der Waals surface area contributed by atoms with Gasteiger partial charge in [-0.2, -0.15) is 0 Å². The lowest BCUT2D eigenvalue weighted by molar-refractivity contribution is 0.0701. The highest BCUT2D eigenvalue weighted by atomic mass is 19.1. The van der Waals surface area contributed by atoms with E-state index in [0.29, 0.717) is 25.2 Å². The van der Waals surface area contributed by atoms with Crippen molar-refractivity contribution in [2.45, 2.75) is 20.8 Å². The van der Waals surface area contributed by atoms with Crippen LogP contribution in [0.25, 0.3) is 0 Å². The fourth-order valence-electron chi connectivity index (χ4n) is 1.68. The second kappa shape index (κ2) is 5.96. The molecule has 0 heterocycles. The number of carbonyl (C=O) groups is 1. The first-order valence-corrected chi connectivity index (χ1v) is 6.14. The van der Waals surface area contributed by atoms with E-state index in [0.717, 1.165) is 0 Å². The molecule has 0 saturated carbocycles. The minimum atomic E-state index is -0.336. The zero-order valence-electron chi connectivity index (χ0n) is 11.2. The predicted octanol–water partition coefficient (Wildman–Crippen LogP) is 2.27. The first-order valence-electron chi connectivity index (χ1n) is 6.14. The van der Waals surface area contributed by atoms with E-state index in [2.05, 4.69) is 0 Å². The van der Waals surface area contributed by atoms with Crippen LogP contribution in [0.2, 0.25) is 0 Å². The van der Waals surface area contributed by atoms with Crippen LogP contribution in [0.1, 0.15) is 31.1 Å². The summed E-state index contributed by atoms with van der Waals surface area (Å²) in [5.41, 5.74) is 6.07. The minimum Gasteiger partial charge on any atom is -0.338 e. The Morgan fingerprint density at radius 1 is 1.33 bits per heavy atom. The second-order valence-corrected chi connectivity index (χ2v) is 5.19. The molecule has 0 aliphatic rings. The van der Waals surface area contributed by atoms with E-state index in [-0.39, 0.29) is 17.1 Å². The Kier molecular flexibility index (Phi) is 4.84. The number of rotatable bonds is 5. The van der Waals surface area contributed by atoms with Gasteiger partial charge < -0.3 is 10.6 Å². The molecule has 0 fully saturated rings. The van der Waals surface area contributed by atoms with E-state index in [1.165, 1.54) is 24.3 Å². The van der Waals surface area contributed by atoms with Crippen molar-refractivity contribution in [2.75, 3.05) is 19.6 Å². The van der Waals surface area contributed by atoms with Crippen molar-refractivity contribution >= 4 is 5.91 Å². The summed E-state index contributed by atoms with van der Waals surface area (Å²) in [6.07, 6.45) is 0. The van der Waals surface area contributed by atoms with Crippen LogP contribution in [0, 0.1) is 11.2 Å². The van der Waals surface area contributed by atoms with Gasteiger partial charge in [0.15, 0.2) is 0 Å². The molecule has 0 saturated heterocycles. The average molecular weight is 252 g/mol. The van der Waals surface area contributed by atoms with Crippen molar-refractivity contribution in [3.8, 4) is 0 Å². The molecule has 0 unspecified atom stereocenters. The standard InChI is InChI=1S/C14H21FN2O/c1-4-17(10-14(2,3)9-16)13(18)11-5-7-12(15)8-6-11/h5-8H,4,9-10,16H2,1-3H3. The van der Waals surface area contributed by atoms with Gasteiger partial charge in [-0.15, -0.1) is 0 Å². The van der Waals surface area contributed by atoms with Crippen LogP contribution in [-0.4, -0.2) is 30.4 Å². The van der Waals surface area contributed by atoms with E-state index < -0.39 is 0 Å². The maximum atomic E-state index is 12.8. The number of hydrogen-bond acceptors (Lipinski definition) is 2. The molecule has 0 bridgehead atoms. The molecule has 0 radical (unpaired) electrons. The summed E-state index contributed by atoms with van der Waals surface area (Å²) in [6.45, 7) is 7.69. The van der Waals surface area contributed by atoms with Gasteiger partial charge in [0.2, 0.25) is 0 Å². The van der Waals surface area contributed by atoms with Crippen molar-refractivity contribution in [1.29, 1.82) is 0 Å². The topological polar surface area (TPSA) is 46.3 Å². The lowest BCUT2D eigenvalue weighted by Crippen LogP contribution is -2.41. The van der Waals surface area contributed by atoms with Crippen LogP contribution < -0.4 is 5.73 Å².